The number of hydrogen-bond acceptors (Lipinski definition) is 4. The van der Waals surface area contributed by atoms with Gasteiger partial charge in [-0.25, -0.2) is 4.68 Å². The van der Waals surface area contributed by atoms with E-state index < -0.39 is 0 Å². The number of piperidine rings is 1. The molecule has 6 nitrogen and oxygen atoms in total. The number of benzene rings is 1. The molecular formula is C19H28ClN5O. The minimum Gasteiger partial charge on any atom is -0.333 e. The summed E-state index contributed by atoms with van der Waals surface area (Å²) in [5, 5.41) is 11.8. The molecule has 2 heterocycles. The maximum Gasteiger partial charge on any atom is 0.276 e. The first kappa shape index (κ1) is 20.4. The minimum atomic E-state index is -0.0780. The molecule has 3 rings (SSSR count). The van der Waals surface area contributed by atoms with E-state index in [0.717, 1.165) is 37.2 Å². The molecule has 0 bridgehead atoms. The van der Waals surface area contributed by atoms with E-state index in [1.165, 1.54) is 5.56 Å². The van der Waals surface area contributed by atoms with Crippen LogP contribution in [0.1, 0.15) is 59.2 Å². The van der Waals surface area contributed by atoms with Gasteiger partial charge in [0.05, 0.1) is 17.8 Å². The number of aromatic nitrogens is 3. The van der Waals surface area contributed by atoms with Gasteiger partial charge in [0.15, 0.2) is 5.69 Å². The number of halogens is 1. The molecule has 1 N–H and O–H groups in total. The Labute approximate surface area is 161 Å². The summed E-state index contributed by atoms with van der Waals surface area (Å²) in [6.45, 7) is 8.01. The monoisotopic (exact) mass is 377 g/mol. The highest BCUT2D eigenvalue weighted by atomic mass is 35.5. The van der Waals surface area contributed by atoms with Gasteiger partial charge in [-0.3, -0.25) is 4.79 Å². The van der Waals surface area contributed by atoms with Crippen LogP contribution in [0.2, 0.25) is 0 Å². The second-order valence-corrected chi connectivity index (χ2v) is 6.95. The van der Waals surface area contributed by atoms with Gasteiger partial charge in [-0.05, 0) is 52.3 Å². The highest BCUT2D eigenvalue weighted by Gasteiger charge is 2.26. The lowest BCUT2D eigenvalue weighted by Crippen LogP contribution is -2.31. The highest BCUT2D eigenvalue weighted by Crippen LogP contribution is 2.24. The summed E-state index contributed by atoms with van der Waals surface area (Å²) in [6.07, 6.45) is 2.04. The summed E-state index contributed by atoms with van der Waals surface area (Å²) in [6, 6.07) is 8.60. The first-order chi connectivity index (χ1) is 12.0. The van der Waals surface area contributed by atoms with Gasteiger partial charge >= 0.3 is 0 Å². The van der Waals surface area contributed by atoms with Crippen LogP contribution in [0, 0.1) is 13.8 Å². The van der Waals surface area contributed by atoms with Gasteiger partial charge in [0.25, 0.3) is 5.91 Å². The molecule has 0 aliphatic carbocycles. The van der Waals surface area contributed by atoms with E-state index in [0.29, 0.717) is 11.7 Å². The number of rotatable bonds is 4. The number of carbonyl (C=O) groups is 1. The quantitative estimate of drug-likeness (QED) is 0.889. The second-order valence-electron chi connectivity index (χ2n) is 6.95. The molecule has 1 unspecified atom stereocenters. The molecule has 0 spiro atoms. The van der Waals surface area contributed by atoms with Crippen LogP contribution in [-0.2, 0) is 0 Å². The van der Waals surface area contributed by atoms with Crippen molar-refractivity contribution in [2.45, 2.75) is 45.7 Å². The lowest BCUT2D eigenvalue weighted by atomic mass is 10.0. The lowest BCUT2D eigenvalue weighted by Gasteiger charge is -2.25. The van der Waals surface area contributed by atoms with Crippen molar-refractivity contribution >= 4 is 18.3 Å². The molecule has 1 amide bonds. The lowest BCUT2D eigenvalue weighted by molar-refractivity contribution is 0.0735. The van der Waals surface area contributed by atoms with Crippen molar-refractivity contribution in [2.75, 3.05) is 20.1 Å². The van der Waals surface area contributed by atoms with E-state index in [2.05, 4.69) is 46.8 Å². The minimum absolute atomic E-state index is 0. The summed E-state index contributed by atoms with van der Waals surface area (Å²) in [7, 11) is 1.83. The molecule has 1 aromatic heterocycles. The molecule has 1 saturated heterocycles. The molecule has 1 atom stereocenters. The molecule has 142 valence electrons. The Bertz CT molecular complexity index is 737. The Balaban J connectivity index is 0.00000243. The molecule has 1 aromatic carbocycles. The average Bonchev–Trinajstić information content (AvgIpc) is 3.02. The van der Waals surface area contributed by atoms with Gasteiger partial charge in [0.1, 0.15) is 0 Å². The van der Waals surface area contributed by atoms with Crippen molar-refractivity contribution in [3.05, 3.63) is 46.8 Å². The van der Waals surface area contributed by atoms with Crippen molar-refractivity contribution < 1.29 is 4.79 Å². The maximum atomic E-state index is 12.9. The molecule has 0 radical (unpaired) electrons. The number of amides is 1. The topological polar surface area (TPSA) is 63.1 Å². The van der Waals surface area contributed by atoms with E-state index in [1.807, 2.05) is 25.6 Å². The first-order valence-electron chi connectivity index (χ1n) is 8.95. The standard InChI is InChI=1S/C19H27N5O.ClH/c1-13-5-7-16(8-6-13)14(2)23(4)19(25)18-15(3)24(22-21-18)17-9-11-20-12-10-17;/h5-8,14,17,20H,9-12H2,1-4H3;1H. The van der Waals surface area contributed by atoms with Crippen molar-refractivity contribution in [3.63, 3.8) is 0 Å². The third-order valence-electron chi connectivity index (χ3n) is 5.25. The summed E-state index contributed by atoms with van der Waals surface area (Å²) < 4.78 is 1.93. The van der Waals surface area contributed by atoms with E-state index in [4.69, 9.17) is 0 Å². The van der Waals surface area contributed by atoms with Crippen molar-refractivity contribution in [1.29, 1.82) is 0 Å². The Morgan fingerprint density at radius 1 is 1.23 bits per heavy atom. The molecular weight excluding hydrogens is 350 g/mol. The fourth-order valence-corrected chi connectivity index (χ4v) is 3.35. The maximum absolute atomic E-state index is 12.9. The van der Waals surface area contributed by atoms with Crippen molar-refractivity contribution in [2.24, 2.45) is 0 Å². The molecule has 1 aliphatic rings. The summed E-state index contributed by atoms with van der Waals surface area (Å²) in [4.78, 5) is 14.7. The third-order valence-corrected chi connectivity index (χ3v) is 5.25. The van der Waals surface area contributed by atoms with Crippen LogP contribution in [-0.4, -0.2) is 45.9 Å². The molecule has 1 fully saturated rings. The average molecular weight is 378 g/mol. The van der Waals surface area contributed by atoms with Crippen LogP contribution in [0.5, 0.6) is 0 Å². The van der Waals surface area contributed by atoms with Crippen molar-refractivity contribution in [1.82, 2.24) is 25.2 Å². The van der Waals surface area contributed by atoms with E-state index in [-0.39, 0.29) is 24.4 Å². The van der Waals surface area contributed by atoms with Gasteiger partial charge in [-0.15, -0.1) is 17.5 Å². The number of aryl methyl sites for hydroxylation is 1. The number of nitrogens with one attached hydrogen (secondary N) is 1. The Morgan fingerprint density at radius 2 is 1.85 bits per heavy atom. The fraction of sp³-hybridized carbons (Fsp3) is 0.526. The van der Waals surface area contributed by atoms with Gasteiger partial charge in [-0.1, -0.05) is 35.0 Å². The number of carbonyl (C=O) groups excluding carboxylic acids is 1. The third kappa shape index (κ3) is 4.07. The molecule has 7 heteroatoms. The fourth-order valence-electron chi connectivity index (χ4n) is 3.35. The Morgan fingerprint density at radius 3 is 2.46 bits per heavy atom. The van der Waals surface area contributed by atoms with E-state index >= 15 is 0 Å². The second kappa shape index (κ2) is 8.64. The van der Waals surface area contributed by atoms with Crippen LogP contribution < -0.4 is 5.32 Å². The zero-order valence-electron chi connectivity index (χ0n) is 15.9. The summed E-state index contributed by atoms with van der Waals surface area (Å²) >= 11 is 0. The highest BCUT2D eigenvalue weighted by molar-refractivity contribution is 5.93. The van der Waals surface area contributed by atoms with Gasteiger partial charge in [0, 0.05) is 7.05 Å². The van der Waals surface area contributed by atoms with E-state index in [1.54, 1.807) is 4.90 Å². The zero-order valence-corrected chi connectivity index (χ0v) is 16.7. The molecule has 1 aliphatic heterocycles. The molecule has 26 heavy (non-hydrogen) atoms. The van der Waals surface area contributed by atoms with Crippen LogP contribution in [0.25, 0.3) is 0 Å². The predicted molar refractivity (Wildman–Crippen MR) is 105 cm³/mol. The van der Waals surface area contributed by atoms with Crippen LogP contribution in [0.4, 0.5) is 0 Å². The summed E-state index contributed by atoms with van der Waals surface area (Å²) in [5.41, 5.74) is 3.65. The number of hydrogen-bond donors (Lipinski definition) is 1. The van der Waals surface area contributed by atoms with Crippen LogP contribution in [0.3, 0.4) is 0 Å². The predicted octanol–water partition coefficient (Wildman–Crippen LogP) is 3.07. The largest absolute Gasteiger partial charge is 0.333 e. The molecule has 2 aromatic rings. The number of nitrogens with zero attached hydrogens (tertiary/aromatic N) is 4. The SMILES string of the molecule is Cc1ccc(C(C)N(C)C(=O)c2nnn(C3CCNCC3)c2C)cc1.Cl. The van der Waals surface area contributed by atoms with E-state index in [9.17, 15) is 4.79 Å². The Hall–Kier alpha value is -1.92. The smallest absolute Gasteiger partial charge is 0.276 e. The van der Waals surface area contributed by atoms with Gasteiger partial charge in [-0.2, -0.15) is 0 Å². The van der Waals surface area contributed by atoms with Gasteiger partial charge in [0.2, 0.25) is 0 Å². The van der Waals surface area contributed by atoms with Crippen molar-refractivity contribution in [3.8, 4) is 0 Å². The van der Waals surface area contributed by atoms with Crippen LogP contribution >= 0.6 is 12.4 Å². The normalized spacial score (nSPS) is 16.0. The zero-order chi connectivity index (χ0) is 18.0. The first-order valence-corrected chi connectivity index (χ1v) is 8.95. The van der Waals surface area contributed by atoms with Crippen LogP contribution in [0.15, 0.2) is 24.3 Å². The van der Waals surface area contributed by atoms with Gasteiger partial charge < -0.3 is 10.2 Å². The molecule has 0 saturated carbocycles. The summed E-state index contributed by atoms with van der Waals surface area (Å²) in [5.74, 6) is -0.0780. The Kier molecular flexibility index (Phi) is 6.78.